The summed E-state index contributed by atoms with van der Waals surface area (Å²) in [6.45, 7) is 7.79. The molecule has 0 aliphatic rings. The summed E-state index contributed by atoms with van der Waals surface area (Å²) in [6, 6.07) is 11.5. The van der Waals surface area contributed by atoms with Crippen molar-refractivity contribution in [2.75, 3.05) is 27.2 Å². The number of aromatic nitrogens is 3. The zero-order chi connectivity index (χ0) is 22.6. The zero-order valence-electron chi connectivity index (χ0n) is 19.1. The zero-order valence-corrected chi connectivity index (χ0v) is 19.1. The van der Waals surface area contributed by atoms with Gasteiger partial charge in [0.2, 0.25) is 5.91 Å². The monoisotopic (exact) mass is 423 g/mol. The number of hydrogen-bond acceptors (Lipinski definition) is 5. The van der Waals surface area contributed by atoms with E-state index in [1.807, 2.05) is 50.5 Å². The molecule has 166 valence electrons. The number of amides is 1. The Bertz CT molecular complexity index is 1020. The van der Waals surface area contributed by atoms with Gasteiger partial charge in [0.25, 0.3) is 0 Å². The predicted molar refractivity (Wildman–Crippen MR) is 124 cm³/mol. The molecular weight excluding hydrogens is 390 g/mol. The van der Waals surface area contributed by atoms with Crippen LogP contribution in [-0.4, -0.2) is 58.1 Å². The van der Waals surface area contributed by atoms with Crippen molar-refractivity contribution in [2.45, 2.75) is 45.4 Å². The highest BCUT2D eigenvalue weighted by molar-refractivity contribution is 5.76. The van der Waals surface area contributed by atoms with Crippen molar-refractivity contribution >= 4 is 16.9 Å². The van der Waals surface area contributed by atoms with Crippen LogP contribution in [0.1, 0.15) is 44.7 Å². The van der Waals surface area contributed by atoms with Crippen molar-refractivity contribution in [2.24, 2.45) is 0 Å². The molecule has 1 aromatic heterocycles. The number of aromatic hydroxyl groups is 1. The van der Waals surface area contributed by atoms with Crippen molar-refractivity contribution in [3.63, 3.8) is 0 Å². The summed E-state index contributed by atoms with van der Waals surface area (Å²) in [5, 5.41) is 23.1. The molecule has 0 atom stereocenters. The highest BCUT2D eigenvalue weighted by atomic mass is 16.3. The van der Waals surface area contributed by atoms with Crippen LogP contribution < -0.4 is 5.32 Å². The fraction of sp³-hybridized carbons (Fsp3) is 0.458. The SMILES string of the molecule is CN(C)CCCNC(=O)CCc1cc(-n2nc3ccccc3n2)c(O)c(C(C)(C)C)c1. The fourth-order valence-electron chi connectivity index (χ4n) is 3.48. The van der Waals surface area contributed by atoms with E-state index >= 15 is 0 Å². The third-order valence-electron chi connectivity index (χ3n) is 5.20. The molecule has 31 heavy (non-hydrogen) atoms. The summed E-state index contributed by atoms with van der Waals surface area (Å²) in [4.78, 5) is 15.9. The summed E-state index contributed by atoms with van der Waals surface area (Å²) < 4.78 is 0. The highest BCUT2D eigenvalue weighted by Crippen LogP contribution is 2.36. The average molecular weight is 424 g/mol. The van der Waals surface area contributed by atoms with Crippen LogP contribution in [0.15, 0.2) is 36.4 Å². The van der Waals surface area contributed by atoms with Crippen LogP contribution in [-0.2, 0) is 16.6 Å². The van der Waals surface area contributed by atoms with E-state index in [2.05, 4.69) is 41.2 Å². The van der Waals surface area contributed by atoms with Crippen LogP contribution in [0.2, 0.25) is 0 Å². The van der Waals surface area contributed by atoms with Gasteiger partial charge in [-0.1, -0.05) is 39.0 Å². The molecule has 3 aromatic rings. The number of aryl methyl sites for hydroxylation is 1. The Kier molecular flexibility index (Phi) is 6.95. The predicted octanol–water partition coefficient (Wildman–Crippen LogP) is 3.42. The van der Waals surface area contributed by atoms with Crippen LogP contribution in [0.5, 0.6) is 5.75 Å². The Labute approximate surface area is 184 Å². The number of phenols is 1. The Morgan fingerprint density at radius 2 is 1.77 bits per heavy atom. The summed E-state index contributed by atoms with van der Waals surface area (Å²) in [6.07, 6.45) is 1.90. The van der Waals surface area contributed by atoms with Gasteiger partial charge >= 0.3 is 0 Å². The summed E-state index contributed by atoms with van der Waals surface area (Å²) in [5.74, 6) is 0.207. The van der Waals surface area contributed by atoms with E-state index in [0.29, 0.717) is 25.1 Å². The minimum atomic E-state index is -0.268. The lowest BCUT2D eigenvalue weighted by Crippen LogP contribution is -2.27. The molecule has 7 heteroatoms. The largest absolute Gasteiger partial charge is 0.505 e. The van der Waals surface area contributed by atoms with Crippen molar-refractivity contribution < 1.29 is 9.90 Å². The van der Waals surface area contributed by atoms with Crippen LogP contribution in [0, 0.1) is 0 Å². The quantitative estimate of drug-likeness (QED) is 0.543. The minimum Gasteiger partial charge on any atom is -0.505 e. The second-order valence-electron chi connectivity index (χ2n) is 9.25. The lowest BCUT2D eigenvalue weighted by Gasteiger charge is -2.23. The number of benzene rings is 2. The smallest absolute Gasteiger partial charge is 0.220 e. The van der Waals surface area contributed by atoms with Crippen molar-refractivity contribution in [1.29, 1.82) is 0 Å². The van der Waals surface area contributed by atoms with Gasteiger partial charge in [-0.25, -0.2) is 0 Å². The number of fused-ring (bicyclic) bond motifs is 1. The van der Waals surface area contributed by atoms with Gasteiger partial charge in [0, 0.05) is 18.5 Å². The third kappa shape index (κ3) is 5.82. The lowest BCUT2D eigenvalue weighted by atomic mass is 9.84. The second kappa shape index (κ2) is 9.47. The molecule has 7 nitrogen and oxygen atoms in total. The Morgan fingerprint density at radius 3 is 2.35 bits per heavy atom. The van der Waals surface area contributed by atoms with E-state index in [0.717, 1.165) is 35.1 Å². The molecule has 0 saturated heterocycles. The molecule has 2 aromatic carbocycles. The Balaban J connectivity index is 1.82. The first-order valence-electron chi connectivity index (χ1n) is 10.8. The van der Waals surface area contributed by atoms with E-state index in [9.17, 15) is 9.90 Å². The molecule has 0 aliphatic carbocycles. The number of phenolic OH excluding ortho intramolecular Hbond substituents is 1. The molecule has 0 unspecified atom stereocenters. The van der Waals surface area contributed by atoms with Crippen LogP contribution >= 0.6 is 0 Å². The molecule has 0 radical (unpaired) electrons. The maximum Gasteiger partial charge on any atom is 0.220 e. The van der Waals surface area contributed by atoms with Gasteiger partial charge in [-0.3, -0.25) is 4.79 Å². The van der Waals surface area contributed by atoms with Gasteiger partial charge in [0.1, 0.15) is 22.5 Å². The first kappa shape index (κ1) is 22.7. The minimum absolute atomic E-state index is 0.0358. The number of rotatable bonds is 8. The van der Waals surface area contributed by atoms with E-state index < -0.39 is 0 Å². The van der Waals surface area contributed by atoms with Gasteiger partial charge in [-0.15, -0.1) is 15.0 Å². The van der Waals surface area contributed by atoms with Crippen LogP contribution in [0.3, 0.4) is 0 Å². The van der Waals surface area contributed by atoms with Crippen molar-refractivity contribution in [3.05, 3.63) is 47.5 Å². The molecule has 0 spiro atoms. The number of nitrogens with zero attached hydrogens (tertiary/aromatic N) is 4. The molecular formula is C24H33N5O2. The highest BCUT2D eigenvalue weighted by Gasteiger charge is 2.23. The van der Waals surface area contributed by atoms with Gasteiger partial charge in [-0.05, 0) is 62.7 Å². The number of nitrogens with one attached hydrogen (secondary N) is 1. The second-order valence-corrected chi connectivity index (χ2v) is 9.25. The van der Waals surface area contributed by atoms with Crippen molar-refractivity contribution in [1.82, 2.24) is 25.2 Å². The van der Waals surface area contributed by atoms with E-state index in [1.54, 1.807) is 0 Å². The maximum atomic E-state index is 12.3. The molecule has 0 saturated carbocycles. The average Bonchev–Trinajstić information content (AvgIpc) is 3.13. The standard InChI is InChI=1S/C24H33N5O2/c1-24(2,3)18-15-17(11-12-22(30)25-13-8-14-28(4)5)16-21(23(18)31)29-26-19-9-6-7-10-20(19)27-29/h6-7,9-10,15-16,31H,8,11-14H2,1-5H3,(H,25,30). The number of carbonyl (C=O) groups excluding carboxylic acids is 1. The first-order chi connectivity index (χ1) is 14.6. The van der Waals surface area contributed by atoms with Gasteiger partial charge in [0.05, 0.1) is 0 Å². The number of carbonyl (C=O) groups is 1. The van der Waals surface area contributed by atoms with E-state index in [1.165, 1.54) is 4.80 Å². The summed E-state index contributed by atoms with van der Waals surface area (Å²) in [7, 11) is 4.04. The van der Waals surface area contributed by atoms with Gasteiger partial charge in [0.15, 0.2) is 0 Å². The third-order valence-corrected chi connectivity index (χ3v) is 5.20. The summed E-state index contributed by atoms with van der Waals surface area (Å²) >= 11 is 0. The fourth-order valence-corrected chi connectivity index (χ4v) is 3.48. The van der Waals surface area contributed by atoms with Gasteiger partial charge < -0.3 is 15.3 Å². The molecule has 1 heterocycles. The first-order valence-corrected chi connectivity index (χ1v) is 10.8. The lowest BCUT2D eigenvalue weighted by molar-refractivity contribution is -0.121. The molecule has 0 bridgehead atoms. The van der Waals surface area contributed by atoms with Gasteiger partial charge in [-0.2, -0.15) is 0 Å². The van der Waals surface area contributed by atoms with Crippen molar-refractivity contribution in [3.8, 4) is 11.4 Å². The van der Waals surface area contributed by atoms with E-state index in [-0.39, 0.29) is 17.1 Å². The Morgan fingerprint density at radius 1 is 1.13 bits per heavy atom. The molecule has 1 amide bonds. The molecule has 3 rings (SSSR count). The van der Waals surface area contributed by atoms with Crippen LogP contribution in [0.25, 0.3) is 16.7 Å². The maximum absolute atomic E-state index is 12.3. The number of hydrogen-bond donors (Lipinski definition) is 2. The van der Waals surface area contributed by atoms with Crippen LogP contribution in [0.4, 0.5) is 0 Å². The molecule has 0 aliphatic heterocycles. The topological polar surface area (TPSA) is 83.3 Å². The Hall–Kier alpha value is -2.93. The molecule has 2 N–H and O–H groups in total. The molecule has 0 fully saturated rings. The normalized spacial score (nSPS) is 11.9. The van der Waals surface area contributed by atoms with E-state index in [4.69, 9.17) is 0 Å². The summed E-state index contributed by atoms with van der Waals surface area (Å²) in [5.41, 5.74) is 3.58.